The molecule has 1 saturated heterocycles. The molecule has 0 spiro atoms. The smallest absolute Gasteiger partial charge is 0.325 e. The van der Waals surface area contributed by atoms with Gasteiger partial charge < -0.3 is 15.0 Å². The van der Waals surface area contributed by atoms with Crippen LogP contribution in [0, 0.1) is 0 Å². The number of benzene rings is 1. The van der Waals surface area contributed by atoms with Gasteiger partial charge in [0.2, 0.25) is 5.91 Å². The summed E-state index contributed by atoms with van der Waals surface area (Å²) in [4.78, 5) is 32.0. The first-order valence-corrected chi connectivity index (χ1v) is 8.05. The molecule has 3 rings (SSSR count). The Bertz CT molecular complexity index is 751. The molecule has 0 aliphatic carbocycles. The van der Waals surface area contributed by atoms with Gasteiger partial charge in [0.1, 0.15) is 12.3 Å². The van der Waals surface area contributed by atoms with Gasteiger partial charge in [-0.15, -0.1) is 0 Å². The molecule has 0 atom stereocenters. The maximum absolute atomic E-state index is 12.6. The number of pyridine rings is 1. The van der Waals surface area contributed by atoms with Gasteiger partial charge in [0.05, 0.1) is 25.0 Å². The lowest BCUT2D eigenvalue weighted by molar-refractivity contribution is -0.121. The number of nitrogens with zero attached hydrogens (tertiary/aromatic N) is 3. The molecule has 1 aromatic heterocycles. The normalized spacial score (nSPS) is 13.9. The summed E-state index contributed by atoms with van der Waals surface area (Å²) in [5.41, 5.74) is 1.49. The summed E-state index contributed by atoms with van der Waals surface area (Å²) in [6.45, 7) is 1.38. The third-order valence-electron chi connectivity index (χ3n) is 4.00. The zero-order valence-electron chi connectivity index (χ0n) is 14.0. The van der Waals surface area contributed by atoms with Crippen molar-refractivity contribution < 1.29 is 14.3 Å². The van der Waals surface area contributed by atoms with Crippen molar-refractivity contribution in [3.8, 4) is 5.75 Å². The SMILES string of the molecule is COc1ccccc1N1CCN(CC(=O)NCc2ccccn2)C1=O. The van der Waals surface area contributed by atoms with Crippen LogP contribution < -0.4 is 15.0 Å². The van der Waals surface area contributed by atoms with Crippen LogP contribution in [0.4, 0.5) is 10.5 Å². The third kappa shape index (κ3) is 3.88. The van der Waals surface area contributed by atoms with Crippen molar-refractivity contribution in [3.63, 3.8) is 0 Å². The van der Waals surface area contributed by atoms with Crippen molar-refractivity contribution in [1.82, 2.24) is 15.2 Å². The fourth-order valence-electron chi connectivity index (χ4n) is 2.73. The van der Waals surface area contributed by atoms with E-state index in [-0.39, 0.29) is 18.5 Å². The van der Waals surface area contributed by atoms with E-state index < -0.39 is 0 Å². The predicted octanol–water partition coefficient (Wildman–Crippen LogP) is 1.65. The molecule has 2 aromatic rings. The van der Waals surface area contributed by atoms with E-state index in [0.717, 1.165) is 5.69 Å². The molecular weight excluding hydrogens is 320 g/mol. The highest BCUT2D eigenvalue weighted by atomic mass is 16.5. The van der Waals surface area contributed by atoms with Gasteiger partial charge >= 0.3 is 6.03 Å². The first-order chi connectivity index (χ1) is 12.2. The lowest BCUT2D eigenvalue weighted by Crippen LogP contribution is -2.39. The van der Waals surface area contributed by atoms with Gasteiger partial charge in [-0.05, 0) is 24.3 Å². The largest absolute Gasteiger partial charge is 0.495 e. The summed E-state index contributed by atoms with van der Waals surface area (Å²) in [6.07, 6.45) is 1.68. The fourth-order valence-corrected chi connectivity index (χ4v) is 2.73. The van der Waals surface area contributed by atoms with Crippen molar-refractivity contribution in [2.24, 2.45) is 0 Å². The van der Waals surface area contributed by atoms with Crippen LogP contribution in [0.5, 0.6) is 5.75 Å². The molecule has 0 saturated carbocycles. The summed E-state index contributed by atoms with van der Waals surface area (Å²) in [5, 5.41) is 2.79. The van der Waals surface area contributed by atoms with E-state index in [0.29, 0.717) is 31.1 Å². The van der Waals surface area contributed by atoms with Crippen LogP contribution in [-0.2, 0) is 11.3 Å². The monoisotopic (exact) mass is 340 g/mol. The fraction of sp³-hybridized carbons (Fsp3) is 0.278. The average Bonchev–Trinajstić information content (AvgIpc) is 3.01. The number of hydrogen-bond acceptors (Lipinski definition) is 4. The minimum atomic E-state index is -0.208. The maximum Gasteiger partial charge on any atom is 0.325 e. The highest BCUT2D eigenvalue weighted by Crippen LogP contribution is 2.30. The van der Waals surface area contributed by atoms with Crippen LogP contribution in [0.25, 0.3) is 0 Å². The number of ether oxygens (including phenoxy) is 1. The van der Waals surface area contributed by atoms with Crippen LogP contribution in [-0.4, -0.2) is 48.6 Å². The molecule has 7 nitrogen and oxygen atoms in total. The molecule has 0 unspecified atom stereocenters. The van der Waals surface area contributed by atoms with E-state index in [1.54, 1.807) is 18.2 Å². The highest BCUT2D eigenvalue weighted by Gasteiger charge is 2.32. The third-order valence-corrected chi connectivity index (χ3v) is 4.00. The van der Waals surface area contributed by atoms with Gasteiger partial charge in [-0.3, -0.25) is 14.7 Å². The second-order valence-electron chi connectivity index (χ2n) is 5.63. The standard InChI is InChI=1S/C18H20N4O3/c1-25-16-8-3-2-7-15(16)22-11-10-21(18(22)24)13-17(23)20-12-14-6-4-5-9-19-14/h2-9H,10-13H2,1H3,(H,20,23). The van der Waals surface area contributed by atoms with Gasteiger partial charge in [0, 0.05) is 19.3 Å². The number of nitrogens with one attached hydrogen (secondary N) is 1. The summed E-state index contributed by atoms with van der Waals surface area (Å²) in [6, 6.07) is 12.7. The molecule has 2 heterocycles. The Morgan fingerprint density at radius 3 is 2.76 bits per heavy atom. The van der Waals surface area contributed by atoms with Crippen LogP contribution >= 0.6 is 0 Å². The number of hydrogen-bond donors (Lipinski definition) is 1. The second kappa shape index (κ2) is 7.65. The number of urea groups is 1. The number of aromatic nitrogens is 1. The van der Waals surface area contributed by atoms with Crippen molar-refractivity contribution >= 4 is 17.6 Å². The lowest BCUT2D eigenvalue weighted by Gasteiger charge is -2.20. The Kier molecular flexibility index (Phi) is 5.13. The Labute approximate surface area is 146 Å². The van der Waals surface area contributed by atoms with E-state index in [4.69, 9.17) is 4.74 Å². The molecule has 1 aliphatic rings. The summed E-state index contributed by atoms with van der Waals surface area (Å²) >= 11 is 0. The first-order valence-electron chi connectivity index (χ1n) is 8.05. The zero-order valence-corrected chi connectivity index (χ0v) is 14.0. The van der Waals surface area contributed by atoms with Gasteiger partial charge in [0.15, 0.2) is 0 Å². The van der Waals surface area contributed by atoms with E-state index in [2.05, 4.69) is 10.3 Å². The first kappa shape index (κ1) is 16.8. The molecule has 1 fully saturated rings. The van der Waals surface area contributed by atoms with Gasteiger partial charge in [-0.1, -0.05) is 18.2 Å². The average molecular weight is 340 g/mol. The van der Waals surface area contributed by atoms with Gasteiger partial charge in [-0.25, -0.2) is 4.79 Å². The molecule has 0 radical (unpaired) electrons. The molecule has 25 heavy (non-hydrogen) atoms. The van der Waals surface area contributed by atoms with E-state index in [1.165, 1.54) is 4.90 Å². The molecule has 1 N–H and O–H groups in total. The lowest BCUT2D eigenvalue weighted by atomic mass is 10.2. The molecule has 130 valence electrons. The highest BCUT2D eigenvalue weighted by molar-refractivity contribution is 5.97. The molecule has 0 bridgehead atoms. The quantitative estimate of drug-likeness (QED) is 0.868. The number of anilines is 1. The van der Waals surface area contributed by atoms with Crippen LogP contribution in [0.15, 0.2) is 48.7 Å². The van der Waals surface area contributed by atoms with Crippen LogP contribution in [0.3, 0.4) is 0 Å². The molecule has 1 aliphatic heterocycles. The minimum absolute atomic E-state index is 0.0251. The Hall–Kier alpha value is -3.09. The summed E-state index contributed by atoms with van der Waals surface area (Å²) < 4.78 is 5.31. The summed E-state index contributed by atoms with van der Waals surface area (Å²) in [5.74, 6) is 0.429. The summed E-state index contributed by atoms with van der Waals surface area (Å²) in [7, 11) is 1.57. The second-order valence-corrected chi connectivity index (χ2v) is 5.63. The van der Waals surface area contributed by atoms with Gasteiger partial charge in [-0.2, -0.15) is 0 Å². The topological polar surface area (TPSA) is 74.8 Å². The number of rotatable bonds is 6. The Balaban J connectivity index is 1.57. The number of carbonyl (C=O) groups excluding carboxylic acids is 2. The minimum Gasteiger partial charge on any atom is -0.495 e. The predicted molar refractivity (Wildman–Crippen MR) is 93.4 cm³/mol. The van der Waals surface area contributed by atoms with Gasteiger partial charge in [0.25, 0.3) is 0 Å². The Morgan fingerprint density at radius 1 is 1.20 bits per heavy atom. The van der Waals surface area contributed by atoms with Crippen LogP contribution in [0.1, 0.15) is 5.69 Å². The van der Waals surface area contributed by atoms with Crippen molar-refractivity contribution in [1.29, 1.82) is 0 Å². The molecule has 7 heteroatoms. The number of carbonyl (C=O) groups is 2. The Morgan fingerprint density at radius 2 is 2.00 bits per heavy atom. The molecular formula is C18H20N4O3. The number of para-hydroxylation sites is 2. The van der Waals surface area contributed by atoms with Crippen molar-refractivity contribution in [2.45, 2.75) is 6.54 Å². The number of methoxy groups -OCH3 is 1. The molecule has 3 amide bonds. The maximum atomic E-state index is 12.6. The zero-order chi connectivity index (χ0) is 17.6. The number of amides is 3. The van der Waals surface area contributed by atoms with Crippen molar-refractivity contribution in [3.05, 3.63) is 54.4 Å². The van der Waals surface area contributed by atoms with E-state index in [9.17, 15) is 9.59 Å². The van der Waals surface area contributed by atoms with E-state index >= 15 is 0 Å². The molecule has 1 aromatic carbocycles. The van der Waals surface area contributed by atoms with Crippen LogP contribution in [0.2, 0.25) is 0 Å². The van der Waals surface area contributed by atoms with E-state index in [1.807, 2.05) is 42.5 Å². The van der Waals surface area contributed by atoms with Crippen molar-refractivity contribution in [2.75, 3.05) is 31.6 Å².